The molecule has 0 aliphatic carbocycles. The highest BCUT2D eigenvalue weighted by Gasteiger charge is 2.21. The number of carbonyl (C=O) groups excluding carboxylic acids is 1. The predicted molar refractivity (Wildman–Crippen MR) is 90.2 cm³/mol. The lowest BCUT2D eigenvalue weighted by atomic mass is 10.0. The number of aryl methyl sites for hydroxylation is 1. The molecule has 3 nitrogen and oxygen atoms in total. The summed E-state index contributed by atoms with van der Waals surface area (Å²) in [5.41, 5.74) is 1.18. The van der Waals surface area contributed by atoms with Crippen LogP contribution in [0.1, 0.15) is 22.3 Å². The number of nitrogens with one attached hydrogen (secondary N) is 1. The van der Waals surface area contributed by atoms with E-state index in [-0.39, 0.29) is 11.1 Å². The Hall–Kier alpha value is -3.02. The first-order valence-electron chi connectivity index (χ1n) is 7.56. The van der Waals surface area contributed by atoms with Crippen molar-refractivity contribution in [2.75, 3.05) is 5.32 Å². The fraction of sp³-hybridized carbons (Fsp3) is 0.105. The van der Waals surface area contributed by atoms with Crippen molar-refractivity contribution in [3.8, 4) is 11.1 Å². The zero-order chi connectivity index (χ0) is 18.0. The van der Waals surface area contributed by atoms with Crippen molar-refractivity contribution >= 4 is 11.6 Å². The molecule has 3 aromatic rings. The number of para-hydroxylation sites is 1. The van der Waals surface area contributed by atoms with E-state index in [2.05, 4.69) is 5.32 Å². The van der Waals surface area contributed by atoms with Gasteiger partial charge in [-0.1, -0.05) is 30.3 Å². The maximum Gasteiger partial charge on any atom is 0.266 e. The van der Waals surface area contributed by atoms with Crippen LogP contribution in [-0.2, 0) is 7.05 Å². The van der Waals surface area contributed by atoms with Gasteiger partial charge in [-0.05, 0) is 23.8 Å². The van der Waals surface area contributed by atoms with E-state index in [0.717, 1.165) is 0 Å². The van der Waals surface area contributed by atoms with Gasteiger partial charge in [-0.3, -0.25) is 4.79 Å². The van der Waals surface area contributed by atoms with Crippen LogP contribution in [0.3, 0.4) is 0 Å². The molecule has 0 saturated heterocycles. The van der Waals surface area contributed by atoms with Crippen LogP contribution < -0.4 is 5.32 Å². The van der Waals surface area contributed by atoms with Crippen LogP contribution >= 0.6 is 0 Å². The van der Waals surface area contributed by atoms with E-state index in [4.69, 9.17) is 0 Å². The molecule has 0 saturated carbocycles. The Morgan fingerprint density at radius 1 is 1.08 bits per heavy atom. The number of nitrogens with zero attached hydrogens (tertiary/aromatic N) is 1. The number of benzene rings is 2. The summed E-state index contributed by atoms with van der Waals surface area (Å²) >= 11 is 0. The smallest absolute Gasteiger partial charge is 0.266 e. The first kappa shape index (κ1) is 16.8. The Bertz CT molecular complexity index is 919. The largest absolute Gasteiger partial charge is 0.356 e. The molecule has 0 spiro atoms. The van der Waals surface area contributed by atoms with Crippen LogP contribution in [-0.4, -0.2) is 10.5 Å². The Labute approximate surface area is 142 Å². The molecular weight excluding hydrogens is 329 g/mol. The quantitative estimate of drug-likeness (QED) is 0.708. The highest BCUT2D eigenvalue weighted by Crippen LogP contribution is 2.30. The van der Waals surface area contributed by atoms with Crippen LogP contribution in [0.5, 0.6) is 0 Å². The van der Waals surface area contributed by atoms with E-state index in [1.54, 1.807) is 43.4 Å². The molecule has 0 bridgehead atoms. The van der Waals surface area contributed by atoms with Gasteiger partial charge in [-0.25, -0.2) is 13.2 Å². The minimum absolute atomic E-state index is 0.0912. The molecular formula is C19H15F3N2O. The minimum Gasteiger partial charge on any atom is -0.356 e. The van der Waals surface area contributed by atoms with Gasteiger partial charge in [0.2, 0.25) is 0 Å². The van der Waals surface area contributed by atoms with Crippen molar-refractivity contribution in [1.29, 1.82) is 0 Å². The Morgan fingerprint density at radius 2 is 1.84 bits per heavy atom. The number of hydrogen-bond acceptors (Lipinski definition) is 1. The lowest BCUT2D eigenvalue weighted by Crippen LogP contribution is -2.14. The third-order valence-corrected chi connectivity index (χ3v) is 3.78. The first-order chi connectivity index (χ1) is 12.0. The molecule has 0 atom stereocenters. The second-order valence-corrected chi connectivity index (χ2v) is 5.60. The number of rotatable bonds is 4. The Morgan fingerprint density at radius 3 is 2.56 bits per heavy atom. The zero-order valence-corrected chi connectivity index (χ0v) is 13.3. The van der Waals surface area contributed by atoms with Crippen LogP contribution in [0.2, 0.25) is 0 Å². The summed E-state index contributed by atoms with van der Waals surface area (Å²) in [5, 5.41) is 2.65. The lowest BCUT2D eigenvalue weighted by molar-refractivity contribution is 0.101. The molecule has 0 aliphatic heterocycles. The van der Waals surface area contributed by atoms with Gasteiger partial charge < -0.3 is 9.88 Å². The fourth-order valence-electron chi connectivity index (χ4n) is 2.66. The number of amides is 1. The number of anilines is 1. The van der Waals surface area contributed by atoms with E-state index in [0.29, 0.717) is 16.8 Å². The monoisotopic (exact) mass is 344 g/mol. The molecule has 3 rings (SSSR count). The third kappa shape index (κ3) is 3.57. The van der Waals surface area contributed by atoms with Crippen molar-refractivity contribution in [3.63, 3.8) is 0 Å². The van der Waals surface area contributed by atoms with E-state index < -0.39 is 18.1 Å². The second-order valence-electron chi connectivity index (χ2n) is 5.60. The van der Waals surface area contributed by atoms with E-state index >= 15 is 0 Å². The fourth-order valence-corrected chi connectivity index (χ4v) is 2.66. The van der Waals surface area contributed by atoms with Gasteiger partial charge in [-0.2, -0.15) is 0 Å². The Balaban J connectivity index is 1.95. The summed E-state index contributed by atoms with van der Waals surface area (Å²) in [6, 6.07) is 12.8. The summed E-state index contributed by atoms with van der Waals surface area (Å²) in [5.74, 6) is -1.04. The normalized spacial score (nSPS) is 10.9. The Kier molecular flexibility index (Phi) is 4.61. The summed E-state index contributed by atoms with van der Waals surface area (Å²) < 4.78 is 41.1. The summed E-state index contributed by atoms with van der Waals surface area (Å²) in [6.45, 7) is 0. The van der Waals surface area contributed by atoms with Crippen LogP contribution in [0.25, 0.3) is 11.1 Å². The van der Waals surface area contributed by atoms with Gasteiger partial charge >= 0.3 is 0 Å². The summed E-state index contributed by atoms with van der Waals surface area (Å²) in [6.07, 6.45) is -0.180. The molecule has 0 unspecified atom stereocenters. The summed E-state index contributed by atoms with van der Waals surface area (Å²) in [7, 11) is 1.57. The number of carbonyl (C=O) groups is 1. The second kappa shape index (κ2) is 6.84. The number of aromatic nitrogens is 1. The van der Waals surface area contributed by atoms with Gasteiger partial charge in [-0.15, -0.1) is 0 Å². The van der Waals surface area contributed by atoms with Gasteiger partial charge in [0.15, 0.2) is 0 Å². The molecule has 0 radical (unpaired) electrons. The van der Waals surface area contributed by atoms with Crippen molar-refractivity contribution in [1.82, 2.24) is 4.57 Å². The average Bonchev–Trinajstić information content (AvgIpc) is 2.98. The summed E-state index contributed by atoms with van der Waals surface area (Å²) in [4.78, 5) is 12.5. The molecule has 1 N–H and O–H groups in total. The molecule has 0 aliphatic rings. The zero-order valence-electron chi connectivity index (χ0n) is 13.3. The SMILES string of the molecule is Cn1cc(C(=O)Nc2ccccc2-c2cccc(F)c2)c(C(F)F)c1. The minimum atomic E-state index is -2.75. The van der Waals surface area contributed by atoms with Crippen molar-refractivity contribution < 1.29 is 18.0 Å². The molecule has 1 aromatic heterocycles. The van der Waals surface area contributed by atoms with Crippen molar-refractivity contribution in [3.05, 3.63) is 77.9 Å². The maximum absolute atomic E-state index is 13.5. The molecule has 1 heterocycles. The molecule has 128 valence electrons. The highest BCUT2D eigenvalue weighted by molar-refractivity contribution is 6.07. The molecule has 2 aromatic carbocycles. The third-order valence-electron chi connectivity index (χ3n) is 3.78. The molecule has 6 heteroatoms. The molecule has 0 fully saturated rings. The van der Waals surface area contributed by atoms with Gasteiger partial charge in [0.1, 0.15) is 5.82 Å². The van der Waals surface area contributed by atoms with Gasteiger partial charge in [0.25, 0.3) is 12.3 Å². The number of alkyl halides is 2. The van der Waals surface area contributed by atoms with Crippen molar-refractivity contribution in [2.24, 2.45) is 7.05 Å². The number of halogens is 3. The lowest BCUT2D eigenvalue weighted by Gasteiger charge is -2.11. The predicted octanol–water partition coefficient (Wildman–Crippen LogP) is 5.02. The van der Waals surface area contributed by atoms with E-state index in [1.807, 2.05) is 0 Å². The van der Waals surface area contributed by atoms with E-state index in [9.17, 15) is 18.0 Å². The van der Waals surface area contributed by atoms with Crippen LogP contribution in [0.4, 0.5) is 18.9 Å². The van der Waals surface area contributed by atoms with Crippen LogP contribution in [0.15, 0.2) is 60.9 Å². The van der Waals surface area contributed by atoms with Crippen molar-refractivity contribution in [2.45, 2.75) is 6.43 Å². The molecule has 1 amide bonds. The standard InChI is InChI=1S/C19H15F3N2O/c1-24-10-15(18(21)22)16(11-24)19(25)23-17-8-3-2-7-14(17)12-5-4-6-13(20)9-12/h2-11,18H,1H3,(H,23,25). The highest BCUT2D eigenvalue weighted by atomic mass is 19.3. The number of hydrogen-bond donors (Lipinski definition) is 1. The van der Waals surface area contributed by atoms with Crippen LogP contribution in [0, 0.1) is 5.82 Å². The molecule has 25 heavy (non-hydrogen) atoms. The van der Waals surface area contributed by atoms with Gasteiger partial charge in [0, 0.05) is 36.3 Å². The van der Waals surface area contributed by atoms with E-state index in [1.165, 1.54) is 29.1 Å². The average molecular weight is 344 g/mol. The maximum atomic E-state index is 13.5. The first-order valence-corrected chi connectivity index (χ1v) is 7.56. The topological polar surface area (TPSA) is 34.0 Å². The van der Waals surface area contributed by atoms with Gasteiger partial charge in [0.05, 0.1) is 5.56 Å².